The largest absolute Gasteiger partial charge is 0.494 e. The smallest absolute Gasteiger partial charge is 0.325 e. The first-order chi connectivity index (χ1) is 12.6. The second-order valence-electron chi connectivity index (χ2n) is 5.55. The van der Waals surface area contributed by atoms with Crippen LogP contribution in [-0.4, -0.2) is 22.6 Å². The average molecular weight is 384 g/mol. The molecule has 2 aromatic heterocycles. The summed E-state index contributed by atoms with van der Waals surface area (Å²) in [6.45, 7) is 4.52. The van der Waals surface area contributed by atoms with Crippen molar-refractivity contribution in [3.05, 3.63) is 41.4 Å². The number of thiazole rings is 2. The van der Waals surface area contributed by atoms with Gasteiger partial charge in [0.05, 0.1) is 26.5 Å². The first kappa shape index (κ1) is 16.7. The van der Waals surface area contributed by atoms with E-state index in [-0.39, 0.29) is 6.03 Å². The summed E-state index contributed by atoms with van der Waals surface area (Å²) in [4.78, 5) is 21.3. The van der Waals surface area contributed by atoms with Gasteiger partial charge in [0, 0.05) is 5.69 Å². The highest BCUT2D eigenvalue weighted by Crippen LogP contribution is 2.34. The minimum atomic E-state index is -0.334. The van der Waals surface area contributed by atoms with Crippen molar-refractivity contribution in [3.63, 3.8) is 0 Å². The van der Waals surface area contributed by atoms with E-state index in [1.165, 1.54) is 11.3 Å². The van der Waals surface area contributed by atoms with E-state index in [1.807, 2.05) is 38.1 Å². The molecule has 8 heteroatoms. The Labute approximate surface area is 157 Å². The fourth-order valence-electron chi connectivity index (χ4n) is 2.60. The molecular weight excluding hydrogens is 368 g/mol. The highest BCUT2D eigenvalue weighted by Gasteiger charge is 2.12. The molecule has 26 heavy (non-hydrogen) atoms. The third-order valence-corrected chi connectivity index (χ3v) is 5.59. The number of aryl methyl sites for hydroxylation is 1. The van der Waals surface area contributed by atoms with E-state index in [1.54, 1.807) is 23.5 Å². The van der Waals surface area contributed by atoms with Crippen LogP contribution in [0, 0.1) is 6.92 Å². The van der Waals surface area contributed by atoms with Gasteiger partial charge in [-0.3, -0.25) is 5.32 Å². The maximum absolute atomic E-state index is 12.2. The highest BCUT2D eigenvalue weighted by atomic mass is 32.1. The van der Waals surface area contributed by atoms with Crippen LogP contribution in [0.1, 0.15) is 11.9 Å². The Morgan fingerprint density at radius 1 is 1.08 bits per heavy atom. The zero-order chi connectivity index (χ0) is 18.1. The van der Waals surface area contributed by atoms with Gasteiger partial charge in [0.25, 0.3) is 0 Å². The van der Waals surface area contributed by atoms with Crippen LogP contribution in [-0.2, 0) is 0 Å². The lowest BCUT2D eigenvalue weighted by atomic mass is 10.3. The van der Waals surface area contributed by atoms with Crippen molar-refractivity contribution in [2.45, 2.75) is 13.8 Å². The van der Waals surface area contributed by atoms with Crippen molar-refractivity contribution in [2.24, 2.45) is 0 Å². The highest BCUT2D eigenvalue weighted by molar-refractivity contribution is 7.24. The van der Waals surface area contributed by atoms with E-state index in [2.05, 4.69) is 20.6 Å². The summed E-state index contributed by atoms with van der Waals surface area (Å²) in [5.74, 6) is 0.771. The molecule has 2 N–H and O–H groups in total. The van der Waals surface area contributed by atoms with Crippen LogP contribution in [0.4, 0.5) is 15.6 Å². The van der Waals surface area contributed by atoms with Crippen molar-refractivity contribution in [2.75, 3.05) is 17.2 Å². The van der Waals surface area contributed by atoms with Gasteiger partial charge in [-0.05, 0) is 50.2 Å². The number of hydrogen-bond donors (Lipinski definition) is 2. The molecule has 0 saturated carbocycles. The number of amides is 2. The minimum Gasteiger partial charge on any atom is -0.494 e. The molecule has 2 amide bonds. The molecule has 2 aromatic carbocycles. The van der Waals surface area contributed by atoms with E-state index in [9.17, 15) is 4.79 Å². The molecule has 0 aliphatic heterocycles. The third-order valence-electron chi connectivity index (χ3n) is 3.66. The van der Waals surface area contributed by atoms with Crippen LogP contribution in [0.5, 0.6) is 5.75 Å². The van der Waals surface area contributed by atoms with Crippen LogP contribution >= 0.6 is 22.7 Å². The maximum atomic E-state index is 12.2. The van der Waals surface area contributed by atoms with Crippen molar-refractivity contribution < 1.29 is 9.53 Å². The van der Waals surface area contributed by atoms with Crippen molar-refractivity contribution in [1.29, 1.82) is 0 Å². The summed E-state index contributed by atoms with van der Waals surface area (Å²) in [6, 6.07) is 10.9. The van der Waals surface area contributed by atoms with Crippen molar-refractivity contribution in [1.82, 2.24) is 9.97 Å². The Kier molecular flexibility index (Phi) is 4.44. The van der Waals surface area contributed by atoms with Gasteiger partial charge < -0.3 is 10.1 Å². The van der Waals surface area contributed by atoms with E-state index >= 15 is 0 Å². The van der Waals surface area contributed by atoms with Gasteiger partial charge in [0.15, 0.2) is 5.13 Å². The lowest BCUT2D eigenvalue weighted by Crippen LogP contribution is -2.19. The number of nitrogens with zero attached hydrogens (tertiary/aromatic N) is 2. The molecule has 0 unspecified atom stereocenters. The van der Waals surface area contributed by atoms with Gasteiger partial charge in [0.1, 0.15) is 11.3 Å². The Morgan fingerprint density at radius 2 is 1.88 bits per heavy atom. The summed E-state index contributed by atoms with van der Waals surface area (Å²) >= 11 is 3.08. The number of urea groups is 1. The van der Waals surface area contributed by atoms with E-state index < -0.39 is 0 Å². The minimum absolute atomic E-state index is 0.334. The Balaban J connectivity index is 1.51. The number of carbonyl (C=O) groups is 1. The van der Waals surface area contributed by atoms with Crippen molar-refractivity contribution in [3.8, 4) is 5.75 Å². The van der Waals surface area contributed by atoms with Gasteiger partial charge >= 0.3 is 6.03 Å². The number of hydrogen-bond acceptors (Lipinski definition) is 6. The van der Waals surface area contributed by atoms with Gasteiger partial charge in [-0.2, -0.15) is 0 Å². The fourth-order valence-corrected chi connectivity index (χ4v) is 4.45. The number of carbonyl (C=O) groups excluding carboxylic acids is 1. The Morgan fingerprint density at radius 3 is 2.65 bits per heavy atom. The summed E-state index contributed by atoms with van der Waals surface area (Å²) in [5.41, 5.74) is 2.47. The molecule has 0 fully saturated rings. The maximum Gasteiger partial charge on any atom is 0.325 e. The van der Waals surface area contributed by atoms with Crippen LogP contribution in [0.25, 0.3) is 20.4 Å². The number of nitrogens with one attached hydrogen (secondary N) is 2. The summed E-state index contributed by atoms with van der Waals surface area (Å²) < 4.78 is 7.51. The molecule has 132 valence electrons. The standard InChI is InChI=1S/C18H16N4O2S2/c1-3-24-12-6-4-11(5-7-12)20-17(23)22-18-21-13-8-9-14-15(16(13)26-18)19-10(2)25-14/h4-9H,3H2,1-2H3,(H2,20,21,22,23). The number of aromatic nitrogens is 2. The molecule has 2 heterocycles. The zero-order valence-corrected chi connectivity index (χ0v) is 15.8. The lowest BCUT2D eigenvalue weighted by Gasteiger charge is -2.07. The fraction of sp³-hybridized carbons (Fsp3) is 0.167. The molecule has 0 spiro atoms. The topological polar surface area (TPSA) is 76.1 Å². The third kappa shape index (κ3) is 3.33. The Hall–Kier alpha value is -2.71. The van der Waals surface area contributed by atoms with E-state index in [0.29, 0.717) is 17.4 Å². The van der Waals surface area contributed by atoms with Crippen LogP contribution in [0.15, 0.2) is 36.4 Å². The molecule has 4 rings (SSSR count). The molecule has 4 aromatic rings. The summed E-state index contributed by atoms with van der Waals surface area (Å²) in [6.07, 6.45) is 0. The SMILES string of the molecule is CCOc1ccc(NC(=O)Nc2nc3ccc4sc(C)nc4c3s2)cc1. The molecule has 0 aliphatic rings. The van der Waals surface area contributed by atoms with Gasteiger partial charge in [-0.1, -0.05) is 11.3 Å². The Bertz CT molecular complexity index is 1090. The zero-order valence-electron chi connectivity index (χ0n) is 14.2. The quantitative estimate of drug-likeness (QED) is 0.503. The molecule has 0 bridgehead atoms. The van der Waals surface area contributed by atoms with Crippen LogP contribution in [0.2, 0.25) is 0 Å². The van der Waals surface area contributed by atoms with E-state index in [0.717, 1.165) is 31.2 Å². The van der Waals surface area contributed by atoms with Crippen LogP contribution < -0.4 is 15.4 Å². The molecule has 0 aliphatic carbocycles. The monoisotopic (exact) mass is 384 g/mol. The average Bonchev–Trinajstić information content (AvgIpc) is 3.18. The predicted molar refractivity (Wildman–Crippen MR) is 108 cm³/mol. The molecular formula is C18H16N4O2S2. The second-order valence-corrected chi connectivity index (χ2v) is 7.78. The first-order valence-corrected chi connectivity index (χ1v) is 9.73. The number of anilines is 2. The molecule has 0 radical (unpaired) electrons. The number of fused-ring (bicyclic) bond motifs is 3. The molecule has 6 nitrogen and oxygen atoms in total. The summed E-state index contributed by atoms with van der Waals surface area (Å²) in [7, 11) is 0. The van der Waals surface area contributed by atoms with E-state index in [4.69, 9.17) is 4.74 Å². The lowest BCUT2D eigenvalue weighted by molar-refractivity contribution is 0.262. The number of benzene rings is 2. The van der Waals surface area contributed by atoms with Gasteiger partial charge in [0.2, 0.25) is 0 Å². The normalized spacial score (nSPS) is 11.0. The number of rotatable bonds is 4. The van der Waals surface area contributed by atoms with Crippen LogP contribution in [0.3, 0.4) is 0 Å². The predicted octanol–water partition coefficient (Wildman–Crippen LogP) is 5.26. The molecule has 0 saturated heterocycles. The van der Waals surface area contributed by atoms with Crippen molar-refractivity contribution >= 4 is 60.0 Å². The van der Waals surface area contributed by atoms with Gasteiger partial charge in [-0.25, -0.2) is 14.8 Å². The first-order valence-electron chi connectivity index (χ1n) is 8.10. The second kappa shape index (κ2) is 6.89. The van der Waals surface area contributed by atoms with Gasteiger partial charge in [-0.15, -0.1) is 11.3 Å². The summed E-state index contributed by atoms with van der Waals surface area (Å²) in [5, 5.41) is 7.15. The molecule has 0 atom stereocenters. The number of ether oxygens (including phenoxy) is 1.